The Balaban J connectivity index is 2.58. The zero-order chi connectivity index (χ0) is 14.9. The van der Waals surface area contributed by atoms with Gasteiger partial charge in [0.1, 0.15) is 5.75 Å². The summed E-state index contributed by atoms with van der Waals surface area (Å²) in [7, 11) is 3.60. The largest absolute Gasteiger partial charge is 0.496 e. The lowest BCUT2D eigenvalue weighted by Crippen LogP contribution is -2.18. The van der Waals surface area contributed by atoms with E-state index in [0.29, 0.717) is 8.67 Å². The van der Waals surface area contributed by atoms with E-state index in [4.69, 9.17) is 27.9 Å². The van der Waals surface area contributed by atoms with E-state index in [1.807, 2.05) is 13.1 Å². The van der Waals surface area contributed by atoms with E-state index < -0.39 is 0 Å². The van der Waals surface area contributed by atoms with Gasteiger partial charge in [0.05, 0.1) is 21.8 Å². The summed E-state index contributed by atoms with van der Waals surface area (Å²) in [4.78, 5) is 0. The van der Waals surface area contributed by atoms with Crippen LogP contribution in [0.25, 0.3) is 0 Å². The van der Waals surface area contributed by atoms with Crippen molar-refractivity contribution in [2.75, 3.05) is 14.2 Å². The monoisotopic (exact) mass is 329 g/mol. The number of hydrogen-bond donors (Lipinski definition) is 1. The van der Waals surface area contributed by atoms with Crippen LogP contribution >= 0.6 is 34.5 Å². The number of rotatable bonds is 4. The summed E-state index contributed by atoms with van der Waals surface area (Å²) < 4.78 is 6.99. The molecule has 1 N–H and O–H groups in total. The van der Waals surface area contributed by atoms with E-state index in [-0.39, 0.29) is 6.04 Å². The molecule has 1 aromatic heterocycles. The fourth-order valence-corrected chi connectivity index (χ4v) is 3.87. The lowest BCUT2D eigenvalue weighted by atomic mass is 9.96. The number of halogens is 2. The lowest BCUT2D eigenvalue weighted by Gasteiger charge is -2.21. The number of hydrogen-bond acceptors (Lipinski definition) is 3. The molecule has 1 aromatic carbocycles. The highest BCUT2D eigenvalue weighted by molar-refractivity contribution is 7.20. The summed E-state index contributed by atoms with van der Waals surface area (Å²) in [5, 5.41) is 3.29. The molecular formula is C15H17Cl2NOS. The van der Waals surface area contributed by atoms with Crippen LogP contribution in [0.2, 0.25) is 8.67 Å². The van der Waals surface area contributed by atoms with Crippen molar-refractivity contribution in [3.8, 4) is 5.75 Å². The SMILES string of the molecule is CNC(c1cc(Cl)sc1Cl)c1ccc(C)c(C)c1OC. The van der Waals surface area contributed by atoms with Crippen molar-refractivity contribution in [3.05, 3.63) is 49.1 Å². The van der Waals surface area contributed by atoms with Gasteiger partial charge >= 0.3 is 0 Å². The third-order valence-corrected chi connectivity index (χ3v) is 5.02. The molecule has 1 unspecified atom stereocenters. The van der Waals surface area contributed by atoms with Gasteiger partial charge in [0.15, 0.2) is 0 Å². The number of ether oxygens (including phenoxy) is 1. The van der Waals surface area contributed by atoms with Crippen LogP contribution in [-0.4, -0.2) is 14.2 Å². The summed E-state index contributed by atoms with van der Waals surface area (Å²) >= 11 is 13.7. The third-order valence-electron chi connectivity index (χ3n) is 3.51. The van der Waals surface area contributed by atoms with Gasteiger partial charge in [-0.25, -0.2) is 0 Å². The van der Waals surface area contributed by atoms with Gasteiger partial charge in [-0.3, -0.25) is 0 Å². The van der Waals surface area contributed by atoms with Crippen molar-refractivity contribution >= 4 is 34.5 Å². The van der Waals surface area contributed by atoms with Gasteiger partial charge in [0.25, 0.3) is 0 Å². The van der Waals surface area contributed by atoms with Gasteiger partial charge < -0.3 is 10.1 Å². The first-order chi connectivity index (χ1) is 9.49. The zero-order valence-electron chi connectivity index (χ0n) is 11.9. The zero-order valence-corrected chi connectivity index (χ0v) is 14.2. The van der Waals surface area contributed by atoms with Gasteiger partial charge in [-0.1, -0.05) is 35.3 Å². The summed E-state index contributed by atoms with van der Waals surface area (Å²) in [6.07, 6.45) is 0. The fourth-order valence-electron chi connectivity index (χ4n) is 2.34. The minimum Gasteiger partial charge on any atom is -0.496 e. The number of thiophene rings is 1. The molecule has 0 saturated carbocycles. The molecule has 0 aliphatic heterocycles. The maximum absolute atomic E-state index is 6.29. The molecule has 0 aliphatic rings. The molecular weight excluding hydrogens is 313 g/mol. The molecule has 0 radical (unpaired) electrons. The fraction of sp³-hybridized carbons (Fsp3) is 0.333. The van der Waals surface area contributed by atoms with Crippen LogP contribution in [-0.2, 0) is 0 Å². The molecule has 0 fully saturated rings. The second-order valence-corrected chi connectivity index (χ2v) is 6.92. The predicted molar refractivity (Wildman–Crippen MR) is 87.7 cm³/mol. The predicted octanol–water partition coefficient (Wildman–Crippen LogP) is 4.99. The first kappa shape index (κ1) is 15.6. The van der Waals surface area contributed by atoms with Crippen LogP contribution in [0.1, 0.15) is 28.3 Å². The quantitative estimate of drug-likeness (QED) is 0.853. The van der Waals surface area contributed by atoms with E-state index in [1.54, 1.807) is 7.11 Å². The van der Waals surface area contributed by atoms with Gasteiger partial charge in [-0.15, -0.1) is 11.3 Å². The number of nitrogens with one attached hydrogen (secondary N) is 1. The highest BCUT2D eigenvalue weighted by Crippen LogP contribution is 2.40. The molecule has 2 rings (SSSR count). The van der Waals surface area contributed by atoms with Crippen LogP contribution in [0.5, 0.6) is 5.75 Å². The number of methoxy groups -OCH3 is 1. The first-order valence-electron chi connectivity index (χ1n) is 6.25. The Labute approximate surface area is 133 Å². The van der Waals surface area contributed by atoms with Crippen molar-refractivity contribution in [1.82, 2.24) is 5.32 Å². The molecule has 0 amide bonds. The summed E-state index contributed by atoms with van der Waals surface area (Å²) in [6, 6.07) is 6.04. The second kappa shape index (κ2) is 6.35. The van der Waals surface area contributed by atoms with Crippen LogP contribution in [0.3, 0.4) is 0 Å². The van der Waals surface area contributed by atoms with Crippen molar-refractivity contribution in [2.24, 2.45) is 0 Å². The van der Waals surface area contributed by atoms with Crippen LogP contribution < -0.4 is 10.1 Å². The molecule has 2 aromatic rings. The smallest absolute Gasteiger partial charge is 0.127 e. The van der Waals surface area contributed by atoms with Crippen molar-refractivity contribution in [1.29, 1.82) is 0 Å². The maximum atomic E-state index is 6.29. The van der Waals surface area contributed by atoms with E-state index in [0.717, 1.165) is 22.4 Å². The third kappa shape index (κ3) is 2.82. The summed E-state index contributed by atoms with van der Waals surface area (Å²) in [5.41, 5.74) is 4.39. The first-order valence-corrected chi connectivity index (χ1v) is 7.83. The van der Waals surface area contributed by atoms with Gasteiger partial charge in [0, 0.05) is 11.1 Å². The topological polar surface area (TPSA) is 21.3 Å². The Bertz CT molecular complexity index is 625. The average molecular weight is 330 g/mol. The summed E-state index contributed by atoms with van der Waals surface area (Å²) in [6.45, 7) is 4.14. The van der Waals surface area contributed by atoms with Crippen LogP contribution in [0, 0.1) is 13.8 Å². The minimum absolute atomic E-state index is 0.0412. The number of aryl methyl sites for hydroxylation is 1. The van der Waals surface area contributed by atoms with Gasteiger partial charge in [-0.05, 0) is 38.1 Å². The van der Waals surface area contributed by atoms with Crippen LogP contribution in [0.4, 0.5) is 0 Å². The molecule has 5 heteroatoms. The van der Waals surface area contributed by atoms with E-state index in [1.165, 1.54) is 16.9 Å². The Hall–Kier alpha value is -0.740. The molecule has 0 spiro atoms. The molecule has 0 saturated heterocycles. The van der Waals surface area contributed by atoms with E-state index in [9.17, 15) is 0 Å². The average Bonchev–Trinajstić information content (AvgIpc) is 2.74. The minimum atomic E-state index is -0.0412. The Kier molecular flexibility index (Phi) is 4.97. The molecule has 1 heterocycles. The molecule has 20 heavy (non-hydrogen) atoms. The van der Waals surface area contributed by atoms with E-state index >= 15 is 0 Å². The lowest BCUT2D eigenvalue weighted by molar-refractivity contribution is 0.402. The maximum Gasteiger partial charge on any atom is 0.127 e. The Morgan fingerprint density at radius 1 is 1.20 bits per heavy atom. The molecule has 2 nitrogen and oxygen atoms in total. The second-order valence-electron chi connectivity index (χ2n) is 4.63. The Morgan fingerprint density at radius 2 is 1.90 bits per heavy atom. The van der Waals surface area contributed by atoms with Gasteiger partial charge in [-0.2, -0.15) is 0 Å². The van der Waals surface area contributed by atoms with Crippen molar-refractivity contribution in [2.45, 2.75) is 19.9 Å². The highest BCUT2D eigenvalue weighted by atomic mass is 35.5. The van der Waals surface area contributed by atoms with Gasteiger partial charge in [0.2, 0.25) is 0 Å². The standard InChI is InChI=1S/C15H17Cl2NOS/c1-8-5-6-10(14(19-4)9(8)2)13(18-3)11-7-12(16)20-15(11)17/h5-7,13,18H,1-4H3. The highest BCUT2D eigenvalue weighted by Gasteiger charge is 2.22. The molecule has 1 atom stereocenters. The molecule has 108 valence electrons. The van der Waals surface area contributed by atoms with Crippen molar-refractivity contribution in [3.63, 3.8) is 0 Å². The van der Waals surface area contributed by atoms with E-state index in [2.05, 4.69) is 31.3 Å². The Morgan fingerprint density at radius 3 is 2.40 bits per heavy atom. The summed E-state index contributed by atoms with van der Waals surface area (Å²) in [5.74, 6) is 0.891. The molecule has 0 bridgehead atoms. The van der Waals surface area contributed by atoms with Crippen LogP contribution in [0.15, 0.2) is 18.2 Å². The van der Waals surface area contributed by atoms with Crippen molar-refractivity contribution < 1.29 is 4.74 Å². The molecule has 0 aliphatic carbocycles. The number of benzene rings is 1. The normalized spacial score (nSPS) is 12.5.